The summed E-state index contributed by atoms with van der Waals surface area (Å²) in [6.07, 6.45) is 5.90. The zero-order valence-corrected chi connectivity index (χ0v) is 12.0. The third-order valence-electron chi connectivity index (χ3n) is 6.03. The van der Waals surface area contributed by atoms with Crippen molar-refractivity contribution < 1.29 is 0 Å². The first-order valence-corrected chi connectivity index (χ1v) is 8.76. The van der Waals surface area contributed by atoms with Gasteiger partial charge in [-0.1, -0.05) is 18.2 Å². The van der Waals surface area contributed by atoms with Crippen molar-refractivity contribution >= 4 is 11.8 Å². The molecule has 100 valence electrons. The van der Waals surface area contributed by atoms with Crippen LogP contribution in [0.3, 0.4) is 0 Å². The molecule has 1 N–H and O–H groups in total. The molecule has 5 rings (SSSR count). The Kier molecular flexibility index (Phi) is 2.37. The molecule has 0 radical (unpaired) electrons. The van der Waals surface area contributed by atoms with Crippen LogP contribution in [-0.4, -0.2) is 17.8 Å². The molecule has 5 atom stereocenters. The Bertz CT molecular complexity index is 473. The van der Waals surface area contributed by atoms with Crippen LogP contribution in [0, 0.1) is 23.7 Å². The third-order valence-corrected chi connectivity index (χ3v) is 7.35. The van der Waals surface area contributed by atoms with Crippen molar-refractivity contribution in [1.29, 1.82) is 0 Å². The first kappa shape index (κ1) is 11.2. The van der Waals surface area contributed by atoms with E-state index in [1.807, 2.05) is 0 Å². The lowest BCUT2D eigenvalue weighted by molar-refractivity contribution is 0.456. The van der Waals surface area contributed by atoms with Crippen LogP contribution in [-0.2, 0) is 6.42 Å². The van der Waals surface area contributed by atoms with Gasteiger partial charge in [-0.05, 0) is 61.0 Å². The van der Waals surface area contributed by atoms with Crippen LogP contribution in [0.15, 0.2) is 29.2 Å². The molecule has 3 fully saturated rings. The topological polar surface area (TPSA) is 12.0 Å². The largest absolute Gasteiger partial charge is 0.312 e. The van der Waals surface area contributed by atoms with E-state index in [0.717, 1.165) is 35.0 Å². The molecule has 1 aromatic rings. The second kappa shape index (κ2) is 4.02. The van der Waals surface area contributed by atoms with Gasteiger partial charge in [0.2, 0.25) is 0 Å². The molecule has 2 bridgehead atoms. The summed E-state index contributed by atoms with van der Waals surface area (Å²) in [7, 11) is 0. The summed E-state index contributed by atoms with van der Waals surface area (Å²) in [4.78, 5) is 1.52. The number of fused-ring (bicyclic) bond motifs is 6. The molecule has 1 nitrogen and oxygen atoms in total. The molecule has 19 heavy (non-hydrogen) atoms. The van der Waals surface area contributed by atoms with Gasteiger partial charge in [0.15, 0.2) is 0 Å². The van der Waals surface area contributed by atoms with E-state index >= 15 is 0 Å². The minimum Gasteiger partial charge on any atom is -0.312 e. The van der Waals surface area contributed by atoms with Crippen molar-refractivity contribution in [3.63, 3.8) is 0 Å². The van der Waals surface area contributed by atoms with Gasteiger partial charge in [-0.15, -0.1) is 11.8 Å². The zero-order valence-electron chi connectivity index (χ0n) is 11.2. The van der Waals surface area contributed by atoms with Crippen molar-refractivity contribution in [3.05, 3.63) is 29.8 Å². The molecule has 0 amide bonds. The molecular weight excluding hydrogens is 250 g/mol. The van der Waals surface area contributed by atoms with Gasteiger partial charge >= 0.3 is 0 Å². The van der Waals surface area contributed by atoms with E-state index in [1.165, 1.54) is 30.7 Å². The second-order valence-electron chi connectivity index (χ2n) is 6.97. The molecule has 2 heteroatoms. The molecule has 1 aromatic carbocycles. The van der Waals surface area contributed by atoms with Gasteiger partial charge in [-0.25, -0.2) is 0 Å². The van der Waals surface area contributed by atoms with Gasteiger partial charge in [0.1, 0.15) is 0 Å². The third kappa shape index (κ3) is 1.66. The average Bonchev–Trinajstić information content (AvgIpc) is 2.84. The van der Waals surface area contributed by atoms with Gasteiger partial charge < -0.3 is 5.32 Å². The van der Waals surface area contributed by atoms with Crippen LogP contribution in [0.2, 0.25) is 0 Å². The molecule has 3 saturated carbocycles. The van der Waals surface area contributed by atoms with E-state index in [4.69, 9.17) is 0 Å². The molecule has 1 aliphatic heterocycles. The van der Waals surface area contributed by atoms with Crippen molar-refractivity contribution in [2.45, 2.75) is 41.9 Å². The summed E-state index contributed by atoms with van der Waals surface area (Å²) >= 11 is 2.09. The van der Waals surface area contributed by atoms with Crippen LogP contribution in [0.1, 0.15) is 24.8 Å². The monoisotopic (exact) mass is 271 g/mol. The molecule has 3 aliphatic carbocycles. The molecule has 5 unspecified atom stereocenters. The highest BCUT2D eigenvalue weighted by molar-refractivity contribution is 8.00. The Morgan fingerprint density at radius 2 is 1.89 bits per heavy atom. The van der Waals surface area contributed by atoms with E-state index in [-0.39, 0.29) is 0 Å². The second-order valence-corrected chi connectivity index (χ2v) is 8.32. The molecule has 4 aliphatic rings. The fraction of sp³-hybridized carbons (Fsp3) is 0.647. The SMILES string of the molecule is c1ccc2c(c1)CC(CNC1C3C4CCC(C4)C13)S2. The number of hydrogen-bond acceptors (Lipinski definition) is 2. The summed E-state index contributed by atoms with van der Waals surface area (Å²) in [6, 6.07) is 9.83. The average molecular weight is 271 g/mol. The summed E-state index contributed by atoms with van der Waals surface area (Å²) in [5, 5.41) is 4.69. The van der Waals surface area contributed by atoms with Gasteiger partial charge in [-0.2, -0.15) is 0 Å². The van der Waals surface area contributed by atoms with E-state index in [2.05, 4.69) is 41.3 Å². The Morgan fingerprint density at radius 3 is 2.68 bits per heavy atom. The summed E-state index contributed by atoms with van der Waals surface area (Å²) in [5.74, 6) is 4.35. The minimum absolute atomic E-state index is 0.774. The van der Waals surface area contributed by atoms with Gasteiger partial charge in [0.05, 0.1) is 0 Å². The Labute approximate surface area is 119 Å². The lowest BCUT2D eigenvalue weighted by Gasteiger charge is -2.13. The number of nitrogens with one attached hydrogen (secondary N) is 1. The molecule has 0 saturated heterocycles. The maximum Gasteiger partial charge on any atom is 0.0260 e. The lowest BCUT2D eigenvalue weighted by Crippen LogP contribution is -2.30. The minimum atomic E-state index is 0.774. The number of benzene rings is 1. The predicted molar refractivity (Wildman–Crippen MR) is 79.4 cm³/mol. The van der Waals surface area contributed by atoms with Crippen molar-refractivity contribution in [2.75, 3.05) is 6.54 Å². The fourth-order valence-corrected chi connectivity index (χ4v) is 6.49. The molecule has 1 heterocycles. The van der Waals surface area contributed by atoms with Crippen molar-refractivity contribution in [3.8, 4) is 0 Å². The first-order valence-electron chi connectivity index (χ1n) is 7.88. The van der Waals surface area contributed by atoms with Gasteiger partial charge in [0, 0.05) is 22.7 Å². The summed E-state index contributed by atoms with van der Waals surface area (Å²) < 4.78 is 0. The van der Waals surface area contributed by atoms with E-state index in [1.54, 1.807) is 12.0 Å². The standard InChI is InChI=1S/C17H21NS/c1-2-4-14-10(3-1)8-13(19-14)9-18-17-15-11-5-6-12(7-11)16(15)17/h1-4,11-13,15-18H,5-9H2. The normalized spacial score (nSPS) is 45.3. The van der Waals surface area contributed by atoms with Gasteiger partial charge in [0.25, 0.3) is 0 Å². The highest BCUT2D eigenvalue weighted by Crippen LogP contribution is 2.65. The smallest absolute Gasteiger partial charge is 0.0260 e. The molecular formula is C17H21NS. The van der Waals surface area contributed by atoms with Gasteiger partial charge in [-0.3, -0.25) is 0 Å². The van der Waals surface area contributed by atoms with Crippen molar-refractivity contribution in [2.24, 2.45) is 23.7 Å². The highest BCUT2D eigenvalue weighted by Gasteiger charge is 2.64. The Morgan fingerprint density at radius 1 is 1.11 bits per heavy atom. The van der Waals surface area contributed by atoms with Crippen molar-refractivity contribution in [1.82, 2.24) is 5.32 Å². The highest BCUT2D eigenvalue weighted by atomic mass is 32.2. The molecule has 0 aromatic heterocycles. The van der Waals surface area contributed by atoms with Crippen LogP contribution >= 0.6 is 11.8 Å². The van der Waals surface area contributed by atoms with E-state index < -0.39 is 0 Å². The number of hydrogen-bond donors (Lipinski definition) is 1. The quantitative estimate of drug-likeness (QED) is 0.905. The summed E-state index contributed by atoms with van der Waals surface area (Å²) in [5.41, 5.74) is 1.57. The molecule has 0 spiro atoms. The van der Waals surface area contributed by atoms with Crippen LogP contribution in [0.4, 0.5) is 0 Å². The van der Waals surface area contributed by atoms with Crippen LogP contribution in [0.5, 0.6) is 0 Å². The fourth-order valence-electron chi connectivity index (χ4n) is 5.23. The van der Waals surface area contributed by atoms with Crippen LogP contribution < -0.4 is 5.32 Å². The number of rotatable bonds is 3. The Balaban J connectivity index is 1.19. The Hall–Kier alpha value is -0.470. The number of thioether (sulfide) groups is 1. The zero-order chi connectivity index (χ0) is 12.4. The van der Waals surface area contributed by atoms with E-state index in [0.29, 0.717) is 0 Å². The maximum absolute atomic E-state index is 3.92. The lowest BCUT2D eigenvalue weighted by atomic mass is 10.0. The predicted octanol–water partition coefficient (Wildman–Crippen LogP) is 3.34. The first-order chi connectivity index (χ1) is 9.40. The van der Waals surface area contributed by atoms with E-state index in [9.17, 15) is 0 Å². The maximum atomic E-state index is 3.92. The summed E-state index contributed by atoms with van der Waals surface area (Å²) in [6.45, 7) is 1.22. The van der Waals surface area contributed by atoms with Crippen LogP contribution in [0.25, 0.3) is 0 Å².